The first-order chi connectivity index (χ1) is 13.9. The van der Waals surface area contributed by atoms with Crippen LogP contribution in [0.5, 0.6) is 5.75 Å². The number of hydrogen-bond acceptors (Lipinski definition) is 11. The van der Waals surface area contributed by atoms with Gasteiger partial charge in [-0.1, -0.05) is 18.2 Å². The van der Waals surface area contributed by atoms with Gasteiger partial charge in [-0.25, -0.2) is 4.89 Å². The Hall–Kier alpha value is -1.92. The summed E-state index contributed by atoms with van der Waals surface area (Å²) in [5, 5.41) is 17.1. The Balaban J connectivity index is 1.44. The minimum Gasteiger partial charge on any atom is -0.452 e. The zero-order valence-corrected chi connectivity index (χ0v) is 16.1. The van der Waals surface area contributed by atoms with E-state index < -0.39 is 44.9 Å². The molecule has 0 aliphatic carbocycles. The summed E-state index contributed by atoms with van der Waals surface area (Å²) in [5.74, 6) is 1.17. The van der Waals surface area contributed by atoms with Crippen LogP contribution < -0.4 is 21.1 Å². The number of aliphatic hydroxyl groups is 1. The van der Waals surface area contributed by atoms with Crippen molar-refractivity contribution < 1.29 is 28.5 Å². The molecule has 11 nitrogen and oxygen atoms in total. The third kappa shape index (κ3) is 3.36. The number of nitrogens with zero attached hydrogens (tertiary/aromatic N) is 2. The van der Waals surface area contributed by atoms with E-state index >= 15 is 0 Å². The minimum absolute atomic E-state index is 0.00475. The van der Waals surface area contributed by atoms with E-state index in [0.29, 0.717) is 17.3 Å². The van der Waals surface area contributed by atoms with Crippen LogP contribution in [0.1, 0.15) is 0 Å². The molecule has 2 saturated heterocycles. The number of aliphatic imine (C=N–C) groups is 1. The zero-order chi connectivity index (χ0) is 20.2. The van der Waals surface area contributed by atoms with Crippen LogP contribution in [0.4, 0.5) is 0 Å². The Morgan fingerprint density at radius 3 is 2.93 bits per heavy atom. The molecule has 7 atom stereocenters. The molecule has 29 heavy (non-hydrogen) atoms. The SMILES string of the molecule is [B][P+]1(O)OCC2OC(N3C4=C(NC3Oc3ccccc3)C(N)N=CN4)C(O)[C@@H]2O1. The van der Waals surface area contributed by atoms with Crippen molar-refractivity contribution in [3.8, 4) is 5.75 Å². The maximum Gasteiger partial charge on any atom is 0.488 e. The minimum atomic E-state index is -3.49. The normalized spacial score (nSPS) is 40.9. The van der Waals surface area contributed by atoms with Crippen molar-refractivity contribution in [3.63, 3.8) is 0 Å². The molecule has 2 radical (unpaired) electrons. The van der Waals surface area contributed by atoms with Crippen molar-refractivity contribution in [3.05, 3.63) is 41.8 Å². The molecule has 0 aromatic heterocycles. The summed E-state index contributed by atoms with van der Waals surface area (Å²) >= 11 is 0. The molecule has 4 aliphatic rings. The van der Waals surface area contributed by atoms with Crippen molar-refractivity contribution in [1.82, 2.24) is 15.5 Å². The maximum atomic E-state index is 10.9. The van der Waals surface area contributed by atoms with Gasteiger partial charge in [-0.15, -0.1) is 0 Å². The predicted octanol–water partition coefficient (Wildman–Crippen LogP) is -1.32. The van der Waals surface area contributed by atoms with E-state index in [1.54, 1.807) is 4.90 Å². The lowest BCUT2D eigenvalue weighted by molar-refractivity contribution is -0.129. The van der Waals surface area contributed by atoms with Gasteiger partial charge in [0.15, 0.2) is 12.3 Å². The highest BCUT2D eigenvalue weighted by Gasteiger charge is 2.59. The summed E-state index contributed by atoms with van der Waals surface area (Å²) < 4.78 is 22.6. The largest absolute Gasteiger partial charge is 0.488 e. The summed E-state index contributed by atoms with van der Waals surface area (Å²) in [6, 6.07) is 9.19. The average molecular weight is 420 g/mol. The summed E-state index contributed by atoms with van der Waals surface area (Å²) in [6.45, 7) is 0.00475. The highest BCUT2D eigenvalue weighted by molar-refractivity contribution is 7.85. The van der Waals surface area contributed by atoms with Gasteiger partial charge in [0.1, 0.15) is 36.6 Å². The van der Waals surface area contributed by atoms with Gasteiger partial charge in [-0.3, -0.25) is 9.89 Å². The van der Waals surface area contributed by atoms with Crippen molar-refractivity contribution >= 4 is 21.7 Å². The number of fused-ring (bicyclic) bond motifs is 1. The van der Waals surface area contributed by atoms with Gasteiger partial charge >= 0.3 is 15.4 Å². The molecule has 0 bridgehead atoms. The molecule has 2 fully saturated rings. The zero-order valence-electron chi connectivity index (χ0n) is 15.2. The first-order valence-corrected chi connectivity index (χ1v) is 10.7. The average Bonchev–Trinajstić information content (AvgIpc) is 3.20. The van der Waals surface area contributed by atoms with Gasteiger partial charge in [0.25, 0.3) is 6.35 Å². The summed E-state index contributed by atoms with van der Waals surface area (Å²) in [6.07, 6.45) is -3.36. The number of para-hydroxylation sites is 1. The first-order valence-electron chi connectivity index (χ1n) is 9.04. The fraction of sp³-hybridized carbons (Fsp3) is 0.438. The summed E-state index contributed by atoms with van der Waals surface area (Å²) in [5.41, 5.74) is 6.69. The Morgan fingerprint density at radius 1 is 1.34 bits per heavy atom. The summed E-state index contributed by atoms with van der Waals surface area (Å²) in [4.78, 5) is 15.8. The third-order valence-electron chi connectivity index (χ3n) is 5.05. The van der Waals surface area contributed by atoms with Crippen LogP contribution in [0.3, 0.4) is 0 Å². The quantitative estimate of drug-likeness (QED) is 0.295. The standard InChI is InChI=1S/C16H20BN5O6P/c17-29(24)25-6-9-12(28-29)11(23)15(27-9)22-14-10(13(18)19-7-20-14)21-16(22)26-8-4-2-1-3-5-8/h1-5,7,9,11-13,15-16,21,23-24H,6,18H2,(H,19,20)/q+1/t9?,11?,12-,13?,15?,16?,29?/m1/s1. The number of benzene rings is 1. The molecule has 6 N–H and O–H groups in total. The van der Waals surface area contributed by atoms with Crippen LogP contribution in [0.25, 0.3) is 0 Å². The van der Waals surface area contributed by atoms with Crippen LogP contribution in [0, 0.1) is 0 Å². The van der Waals surface area contributed by atoms with Crippen LogP contribution >= 0.6 is 7.82 Å². The van der Waals surface area contributed by atoms with Gasteiger partial charge in [0.2, 0.25) is 0 Å². The van der Waals surface area contributed by atoms with E-state index in [0.717, 1.165) is 0 Å². The molecule has 152 valence electrons. The number of aliphatic hydroxyl groups excluding tert-OH is 1. The molecule has 6 unspecified atom stereocenters. The highest BCUT2D eigenvalue weighted by Crippen LogP contribution is 2.58. The van der Waals surface area contributed by atoms with E-state index in [4.69, 9.17) is 31.8 Å². The predicted molar refractivity (Wildman–Crippen MR) is 103 cm³/mol. The van der Waals surface area contributed by atoms with E-state index in [1.165, 1.54) is 6.34 Å². The monoisotopic (exact) mass is 420 g/mol. The fourth-order valence-electron chi connectivity index (χ4n) is 3.73. The molecule has 5 rings (SSSR count). The molecule has 4 aliphatic heterocycles. The number of hydrogen-bond donors (Lipinski definition) is 5. The number of nitrogens with two attached hydrogens (primary N) is 1. The Labute approximate surface area is 168 Å². The highest BCUT2D eigenvalue weighted by atomic mass is 31.2. The van der Waals surface area contributed by atoms with Crippen molar-refractivity contribution in [2.24, 2.45) is 10.7 Å². The molecular weight excluding hydrogens is 400 g/mol. The van der Waals surface area contributed by atoms with Crippen LogP contribution in [-0.2, 0) is 13.8 Å². The topological polar surface area (TPSA) is 143 Å². The molecule has 0 saturated carbocycles. The Bertz CT molecular complexity index is 844. The molecule has 0 amide bonds. The number of ether oxygens (including phenoxy) is 2. The van der Waals surface area contributed by atoms with E-state index in [1.807, 2.05) is 30.3 Å². The second-order valence-corrected chi connectivity index (χ2v) is 8.55. The lowest BCUT2D eigenvalue weighted by atomic mass is 10.1. The van der Waals surface area contributed by atoms with Gasteiger partial charge < -0.3 is 30.9 Å². The Morgan fingerprint density at radius 2 is 2.14 bits per heavy atom. The molecule has 0 spiro atoms. The van der Waals surface area contributed by atoms with Crippen LogP contribution in [-0.4, -0.2) is 72.5 Å². The lowest BCUT2D eigenvalue weighted by Gasteiger charge is -2.34. The number of nitrogens with one attached hydrogen (secondary N) is 2. The summed E-state index contributed by atoms with van der Waals surface area (Å²) in [7, 11) is 2.11. The lowest BCUT2D eigenvalue weighted by Crippen LogP contribution is -2.53. The fourth-order valence-corrected chi connectivity index (χ4v) is 4.76. The van der Waals surface area contributed by atoms with E-state index in [-0.39, 0.29) is 6.61 Å². The Kier molecular flexibility index (Phi) is 4.67. The number of rotatable bonds is 3. The third-order valence-corrected chi connectivity index (χ3v) is 6.11. The van der Waals surface area contributed by atoms with Crippen molar-refractivity contribution in [1.29, 1.82) is 0 Å². The second-order valence-electron chi connectivity index (χ2n) is 6.95. The first kappa shape index (κ1) is 19.1. The molecule has 13 heteroatoms. The van der Waals surface area contributed by atoms with E-state index in [2.05, 4.69) is 15.6 Å². The smallest absolute Gasteiger partial charge is 0.452 e. The van der Waals surface area contributed by atoms with Gasteiger partial charge in [0, 0.05) is 0 Å². The van der Waals surface area contributed by atoms with Crippen molar-refractivity contribution in [2.45, 2.75) is 37.1 Å². The van der Waals surface area contributed by atoms with E-state index in [9.17, 15) is 10.00 Å². The van der Waals surface area contributed by atoms with Crippen LogP contribution in [0.2, 0.25) is 0 Å². The molecular formula is C16H20BN5O6P+. The molecule has 1 aromatic rings. The maximum absolute atomic E-state index is 10.9. The van der Waals surface area contributed by atoms with Gasteiger partial charge in [0.05, 0.1) is 12.0 Å². The van der Waals surface area contributed by atoms with Crippen LogP contribution in [0.15, 0.2) is 46.8 Å². The van der Waals surface area contributed by atoms with Crippen molar-refractivity contribution in [2.75, 3.05) is 6.61 Å². The molecule has 4 heterocycles. The van der Waals surface area contributed by atoms with Gasteiger partial charge in [-0.2, -0.15) is 9.05 Å². The molecule has 1 aromatic carbocycles. The van der Waals surface area contributed by atoms with Gasteiger partial charge in [-0.05, 0) is 12.1 Å². The second kappa shape index (κ2) is 7.10.